The monoisotopic (exact) mass is 455 g/mol. The van der Waals surface area contributed by atoms with E-state index in [1.54, 1.807) is 36.4 Å². The Morgan fingerprint density at radius 3 is 2.34 bits per heavy atom. The second-order valence-electron chi connectivity index (χ2n) is 8.99. The molecule has 32 heavy (non-hydrogen) atoms. The first-order valence-electron chi connectivity index (χ1n) is 11.0. The van der Waals surface area contributed by atoms with E-state index in [1.807, 2.05) is 6.92 Å². The zero-order valence-corrected chi connectivity index (χ0v) is 19.1. The smallest absolute Gasteiger partial charge is 0.255 e. The van der Waals surface area contributed by atoms with Crippen LogP contribution in [0.15, 0.2) is 53.4 Å². The van der Waals surface area contributed by atoms with Gasteiger partial charge < -0.3 is 10.6 Å². The average Bonchev–Trinajstić information content (AvgIpc) is 3.37. The van der Waals surface area contributed by atoms with E-state index >= 15 is 0 Å². The number of nitrogens with one attached hydrogen (secondary N) is 3. The van der Waals surface area contributed by atoms with E-state index in [4.69, 9.17) is 0 Å². The Balaban J connectivity index is 1.39. The molecule has 0 radical (unpaired) electrons. The summed E-state index contributed by atoms with van der Waals surface area (Å²) in [6.07, 6.45) is 4.84. The highest BCUT2D eigenvalue weighted by molar-refractivity contribution is 7.89. The fourth-order valence-electron chi connectivity index (χ4n) is 5.17. The van der Waals surface area contributed by atoms with Crippen LogP contribution in [-0.4, -0.2) is 26.3 Å². The Labute approximate surface area is 189 Å². The molecule has 4 atom stereocenters. The third-order valence-electron chi connectivity index (χ3n) is 6.64. The Morgan fingerprint density at radius 1 is 0.969 bits per heavy atom. The van der Waals surface area contributed by atoms with Gasteiger partial charge in [0.1, 0.15) is 0 Å². The normalized spacial score (nSPS) is 23.0. The summed E-state index contributed by atoms with van der Waals surface area (Å²) in [4.78, 5) is 23.9. The fourth-order valence-corrected chi connectivity index (χ4v) is 6.46. The molecule has 0 saturated heterocycles. The molecule has 0 aliphatic heterocycles. The number of hydrogen-bond acceptors (Lipinski definition) is 4. The highest BCUT2D eigenvalue weighted by Crippen LogP contribution is 2.49. The summed E-state index contributed by atoms with van der Waals surface area (Å²) in [6.45, 7) is 3.36. The van der Waals surface area contributed by atoms with Crippen molar-refractivity contribution in [2.45, 2.75) is 50.5 Å². The molecule has 8 heteroatoms. The molecule has 2 aromatic rings. The SMILES string of the molecule is CC(=O)Nc1cccc(C(=O)Nc2ccc(S(=O)(=O)N[C@H](C)[C@@H]3C[C@H]4CC[C@H]3C4)cc2)c1. The molecular formula is C24H29N3O4S. The maximum absolute atomic E-state index is 12.9. The standard InChI is InChI=1S/C24H29N3O4S/c1-15(23-13-17-6-7-18(23)12-17)27-32(30,31)22-10-8-20(9-11-22)26-24(29)19-4-3-5-21(14-19)25-16(2)28/h3-5,8-11,14-15,17-18,23,27H,6-7,12-13H2,1-2H3,(H,25,28)(H,26,29)/t15-,17+,18+,23+/m1/s1. The van der Waals surface area contributed by atoms with Crippen LogP contribution in [0, 0.1) is 17.8 Å². The van der Waals surface area contributed by atoms with Gasteiger partial charge in [-0.05, 0) is 86.4 Å². The van der Waals surface area contributed by atoms with Crippen molar-refractivity contribution >= 4 is 33.2 Å². The van der Waals surface area contributed by atoms with Gasteiger partial charge in [-0.2, -0.15) is 0 Å². The molecule has 3 N–H and O–H groups in total. The zero-order valence-electron chi connectivity index (χ0n) is 18.3. The van der Waals surface area contributed by atoms with Crippen LogP contribution in [0.5, 0.6) is 0 Å². The molecule has 2 bridgehead atoms. The molecule has 2 aromatic carbocycles. The van der Waals surface area contributed by atoms with Gasteiger partial charge in [-0.1, -0.05) is 12.5 Å². The van der Waals surface area contributed by atoms with Crippen molar-refractivity contribution in [1.82, 2.24) is 4.72 Å². The van der Waals surface area contributed by atoms with Crippen molar-refractivity contribution < 1.29 is 18.0 Å². The third-order valence-corrected chi connectivity index (χ3v) is 8.22. The van der Waals surface area contributed by atoms with E-state index in [9.17, 15) is 18.0 Å². The van der Waals surface area contributed by atoms with Gasteiger partial charge in [0, 0.05) is 29.9 Å². The molecule has 2 aliphatic carbocycles. The van der Waals surface area contributed by atoms with Crippen molar-refractivity contribution in [3.8, 4) is 0 Å². The highest BCUT2D eigenvalue weighted by atomic mass is 32.2. The van der Waals surface area contributed by atoms with Crippen molar-refractivity contribution in [3.05, 3.63) is 54.1 Å². The quantitative estimate of drug-likeness (QED) is 0.587. The number of hydrogen-bond donors (Lipinski definition) is 3. The summed E-state index contributed by atoms with van der Waals surface area (Å²) in [5.74, 6) is 1.24. The van der Waals surface area contributed by atoms with Crippen molar-refractivity contribution in [1.29, 1.82) is 0 Å². The minimum absolute atomic E-state index is 0.0921. The molecule has 2 amide bonds. The van der Waals surface area contributed by atoms with Crippen molar-refractivity contribution in [2.24, 2.45) is 17.8 Å². The minimum Gasteiger partial charge on any atom is -0.326 e. The lowest BCUT2D eigenvalue weighted by Gasteiger charge is -2.28. The van der Waals surface area contributed by atoms with Crippen molar-refractivity contribution in [3.63, 3.8) is 0 Å². The van der Waals surface area contributed by atoms with Crippen LogP contribution in [0.2, 0.25) is 0 Å². The van der Waals surface area contributed by atoms with Gasteiger partial charge in [-0.15, -0.1) is 0 Å². The number of sulfonamides is 1. The average molecular weight is 456 g/mol. The number of fused-ring (bicyclic) bond motifs is 2. The molecule has 170 valence electrons. The third kappa shape index (κ3) is 5.02. The molecular weight excluding hydrogens is 426 g/mol. The van der Waals surface area contributed by atoms with Gasteiger partial charge in [0.05, 0.1) is 4.90 Å². The Kier molecular flexibility index (Phi) is 6.35. The Bertz CT molecular complexity index is 1110. The summed E-state index contributed by atoms with van der Waals surface area (Å²) < 4.78 is 28.6. The summed E-state index contributed by atoms with van der Waals surface area (Å²) >= 11 is 0. The molecule has 2 saturated carbocycles. The van der Waals surface area contributed by atoms with Crippen LogP contribution in [0.1, 0.15) is 49.9 Å². The summed E-state index contributed by atoms with van der Waals surface area (Å²) in [5.41, 5.74) is 1.40. The lowest BCUT2D eigenvalue weighted by molar-refractivity contribution is -0.114. The first kappa shape index (κ1) is 22.5. The predicted molar refractivity (Wildman–Crippen MR) is 124 cm³/mol. The number of anilines is 2. The molecule has 2 fully saturated rings. The molecule has 7 nitrogen and oxygen atoms in total. The van der Waals surface area contributed by atoms with E-state index in [0.29, 0.717) is 28.8 Å². The summed E-state index contributed by atoms with van der Waals surface area (Å²) in [7, 11) is -3.63. The molecule has 4 rings (SSSR count). The Hall–Kier alpha value is -2.71. The summed E-state index contributed by atoms with van der Waals surface area (Å²) in [5, 5.41) is 5.39. The molecule has 0 spiro atoms. The van der Waals surface area contributed by atoms with Crippen LogP contribution in [0.4, 0.5) is 11.4 Å². The molecule has 0 unspecified atom stereocenters. The number of benzene rings is 2. The van der Waals surface area contributed by atoms with Crippen LogP contribution >= 0.6 is 0 Å². The first-order chi connectivity index (χ1) is 15.2. The Morgan fingerprint density at radius 2 is 1.72 bits per heavy atom. The zero-order chi connectivity index (χ0) is 22.9. The lowest BCUT2D eigenvalue weighted by Crippen LogP contribution is -2.40. The maximum atomic E-state index is 12.9. The predicted octanol–water partition coefficient (Wildman–Crippen LogP) is 4.00. The number of amides is 2. The van der Waals surface area contributed by atoms with Gasteiger partial charge in [-0.3, -0.25) is 9.59 Å². The maximum Gasteiger partial charge on any atom is 0.255 e. The first-order valence-corrected chi connectivity index (χ1v) is 12.5. The minimum atomic E-state index is -3.63. The van der Waals surface area contributed by atoms with Gasteiger partial charge >= 0.3 is 0 Å². The van der Waals surface area contributed by atoms with E-state index in [0.717, 1.165) is 12.3 Å². The van der Waals surface area contributed by atoms with E-state index in [1.165, 1.54) is 38.3 Å². The fraction of sp³-hybridized carbons (Fsp3) is 0.417. The summed E-state index contributed by atoms with van der Waals surface area (Å²) in [6, 6.07) is 12.7. The highest BCUT2D eigenvalue weighted by Gasteiger charge is 2.42. The van der Waals surface area contributed by atoms with Crippen LogP contribution in [-0.2, 0) is 14.8 Å². The van der Waals surface area contributed by atoms with Gasteiger partial charge in [0.15, 0.2) is 0 Å². The number of rotatable bonds is 7. The molecule has 0 aromatic heterocycles. The lowest BCUT2D eigenvalue weighted by atomic mass is 9.84. The van der Waals surface area contributed by atoms with Crippen LogP contribution in [0.25, 0.3) is 0 Å². The van der Waals surface area contributed by atoms with Gasteiger partial charge in [0.2, 0.25) is 15.9 Å². The van der Waals surface area contributed by atoms with Gasteiger partial charge in [0.25, 0.3) is 5.91 Å². The van der Waals surface area contributed by atoms with Crippen LogP contribution < -0.4 is 15.4 Å². The number of carbonyl (C=O) groups is 2. The molecule has 0 heterocycles. The largest absolute Gasteiger partial charge is 0.326 e. The van der Waals surface area contributed by atoms with E-state index in [-0.39, 0.29) is 22.8 Å². The van der Waals surface area contributed by atoms with E-state index < -0.39 is 10.0 Å². The van der Waals surface area contributed by atoms with Gasteiger partial charge in [-0.25, -0.2) is 13.1 Å². The second-order valence-corrected chi connectivity index (χ2v) is 10.7. The second kappa shape index (κ2) is 9.03. The van der Waals surface area contributed by atoms with Crippen molar-refractivity contribution in [2.75, 3.05) is 10.6 Å². The topological polar surface area (TPSA) is 104 Å². The molecule has 2 aliphatic rings. The number of carbonyl (C=O) groups excluding carboxylic acids is 2. The van der Waals surface area contributed by atoms with Crippen LogP contribution in [0.3, 0.4) is 0 Å². The van der Waals surface area contributed by atoms with E-state index in [2.05, 4.69) is 15.4 Å².